The SMILES string of the molecule is O=C(NC1CCCc2ccccc21)c1ccc(Cn2c(=O)c3cccn3c3cccnc32)cc1. The topological polar surface area (TPSA) is 68.4 Å². The number of benzene rings is 2. The Labute approximate surface area is 196 Å². The molecule has 5 aromatic rings. The van der Waals surface area contributed by atoms with Crippen LogP contribution >= 0.6 is 0 Å². The summed E-state index contributed by atoms with van der Waals surface area (Å²) in [6.45, 7) is 0.381. The number of rotatable bonds is 4. The highest BCUT2D eigenvalue weighted by atomic mass is 16.1. The van der Waals surface area contributed by atoms with Gasteiger partial charge in [-0.25, -0.2) is 4.98 Å². The van der Waals surface area contributed by atoms with Crippen LogP contribution in [0.3, 0.4) is 0 Å². The van der Waals surface area contributed by atoms with E-state index in [0.717, 1.165) is 30.3 Å². The van der Waals surface area contributed by atoms with E-state index in [4.69, 9.17) is 0 Å². The van der Waals surface area contributed by atoms with E-state index in [-0.39, 0.29) is 17.5 Å². The van der Waals surface area contributed by atoms with Gasteiger partial charge in [0.2, 0.25) is 0 Å². The number of aromatic nitrogens is 3. The van der Waals surface area contributed by atoms with E-state index in [1.54, 1.807) is 10.8 Å². The molecule has 1 aliphatic rings. The van der Waals surface area contributed by atoms with Crippen LogP contribution in [-0.4, -0.2) is 19.9 Å². The molecule has 3 heterocycles. The molecule has 0 bridgehead atoms. The summed E-state index contributed by atoms with van der Waals surface area (Å²) < 4.78 is 3.57. The summed E-state index contributed by atoms with van der Waals surface area (Å²) in [5, 5.41) is 3.20. The average molecular weight is 449 g/mol. The van der Waals surface area contributed by atoms with E-state index < -0.39 is 0 Å². The number of aryl methyl sites for hydroxylation is 1. The Balaban J connectivity index is 1.26. The van der Waals surface area contributed by atoms with Crippen molar-refractivity contribution in [3.8, 4) is 0 Å². The van der Waals surface area contributed by atoms with Crippen LogP contribution in [0.25, 0.3) is 16.7 Å². The number of carbonyl (C=O) groups is 1. The summed E-state index contributed by atoms with van der Waals surface area (Å²) in [6.07, 6.45) is 6.67. The van der Waals surface area contributed by atoms with Gasteiger partial charge in [-0.15, -0.1) is 0 Å². The summed E-state index contributed by atoms with van der Waals surface area (Å²) >= 11 is 0. The number of hydrogen-bond donors (Lipinski definition) is 1. The Morgan fingerprint density at radius 3 is 2.68 bits per heavy atom. The van der Waals surface area contributed by atoms with Crippen LogP contribution in [0.15, 0.2) is 90.0 Å². The summed E-state index contributed by atoms with van der Waals surface area (Å²) in [6, 6.07) is 23.4. The summed E-state index contributed by atoms with van der Waals surface area (Å²) in [5.74, 6) is -0.0767. The minimum Gasteiger partial charge on any atom is -0.345 e. The second kappa shape index (κ2) is 8.30. The monoisotopic (exact) mass is 448 g/mol. The smallest absolute Gasteiger partial charge is 0.276 e. The lowest BCUT2D eigenvalue weighted by molar-refractivity contribution is 0.0932. The first-order valence-electron chi connectivity index (χ1n) is 11.6. The number of carbonyl (C=O) groups excluding carboxylic acids is 1. The average Bonchev–Trinajstić information content (AvgIpc) is 3.38. The third-order valence-corrected chi connectivity index (χ3v) is 6.73. The number of pyridine rings is 1. The molecular formula is C28H24N4O2. The van der Waals surface area contributed by atoms with Crippen LogP contribution in [0.4, 0.5) is 0 Å². The molecule has 34 heavy (non-hydrogen) atoms. The minimum atomic E-state index is -0.0889. The van der Waals surface area contributed by atoms with Gasteiger partial charge >= 0.3 is 0 Å². The van der Waals surface area contributed by atoms with Gasteiger partial charge in [-0.1, -0.05) is 36.4 Å². The van der Waals surface area contributed by atoms with Crippen LogP contribution in [-0.2, 0) is 13.0 Å². The van der Waals surface area contributed by atoms with Gasteiger partial charge in [0, 0.05) is 18.0 Å². The number of hydrogen-bond acceptors (Lipinski definition) is 3. The zero-order valence-electron chi connectivity index (χ0n) is 18.6. The van der Waals surface area contributed by atoms with E-state index in [1.807, 2.05) is 65.2 Å². The van der Waals surface area contributed by atoms with Crippen LogP contribution in [0.5, 0.6) is 0 Å². The minimum absolute atomic E-state index is 0.0434. The molecule has 1 atom stereocenters. The first-order chi connectivity index (χ1) is 16.7. The Morgan fingerprint density at radius 2 is 1.79 bits per heavy atom. The van der Waals surface area contributed by atoms with Gasteiger partial charge in [0.15, 0.2) is 5.65 Å². The highest BCUT2D eigenvalue weighted by Crippen LogP contribution is 2.29. The molecule has 3 aromatic heterocycles. The van der Waals surface area contributed by atoms with Crippen LogP contribution in [0.1, 0.15) is 45.9 Å². The molecule has 6 nitrogen and oxygen atoms in total. The largest absolute Gasteiger partial charge is 0.345 e. The Hall–Kier alpha value is -4.19. The van der Waals surface area contributed by atoms with Crippen molar-refractivity contribution in [1.29, 1.82) is 0 Å². The molecule has 0 aliphatic heterocycles. The quantitative estimate of drug-likeness (QED) is 0.440. The Kier molecular flexibility index (Phi) is 4.99. The molecule has 168 valence electrons. The molecule has 1 N–H and O–H groups in total. The molecule has 1 unspecified atom stereocenters. The molecule has 6 heteroatoms. The maximum absolute atomic E-state index is 13.1. The van der Waals surface area contributed by atoms with Crippen molar-refractivity contribution in [2.75, 3.05) is 0 Å². The van der Waals surface area contributed by atoms with Gasteiger partial charge < -0.3 is 9.72 Å². The van der Waals surface area contributed by atoms with Gasteiger partial charge in [-0.2, -0.15) is 0 Å². The van der Waals surface area contributed by atoms with E-state index in [1.165, 1.54) is 11.1 Å². The number of nitrogens with one attached hydrogen (secondary N) is 1. The molecule has 0 spiro atoms. The lowest BCUT2D eigenvalue weighted by Crippen LogP contribution is -2.31. The highest BCUT2D eigenvalue weighted by molar-refractivity contribution is 5.94. The Bertz CT molecular complexity index is 1580. The summed E-state index contributed by atoms with van der Waals surface area (Å²) in [4.78, 5) is 30.6. The van der Waals surface area contributed by atoms with Crippen molar-refractivity contribution in [3.05, 3.63) is 118 Å². The third kappa shape index (κ3) is 3.48. The molecule has 0 saturated heterocycles. The summed E-state index contributed by atoms with van der Waals surface area (Å²) in [7, 11) is 0. The van der Waals surface area contributed by atoms with Gasteiger partial charge in [0.1, 0.15) is 5.52 Å². The third-order valence-electron chi connectivity index (χ3n) is 6.73. The molecule has 1 aliphatic carbocycles. The lowest BCUT2D eigenvalue weighted by Gasteiger charge is -2.26. The zero-order chi connectivity index (χ0) is 23.1. The first-order valence-corrected chi connectivity index (χ1v) is 11.6. The standard InChI is InChI=1S/C28H24N4O2/c33-27(30-23-9-3-7-20-6-1-2-8-22(20)23)21-14-12-19(13-15-21)18-32-26-24(10-4-16-29-26)31-17-5-11-25(31)28(32)34/h1-2,4-6,8,10-17,23H,3,7,9,18H2,(H,30,33). The fourth-order valence-electron chi connectivity index (χ4n) is 5.02. The summed E-state index contributed by atoms with van der Waals surface area (Å²) in [5.41, 5.74) is 6.13. The van der Waals surface area contributed by atoms with E-state index in [2.05, 4.69) is 28.5 Å². The van der Waals surface area contributed by atoms with E-state index >= 15 is 0 Å². The zero-order valence-corrected chi connectivity index (χ0v) is 18.6. The fourth-order valence-corrected chi connectivity index (χ4v) is 5.02. The van der Waals surface area contributed by atoms with E-state index in [0.29, 0.717) is 23.3 Å². The highest BCUT2D eigenvalue weighted by Gasteiger charge is 2.22. The van der Waals surface area contributed by atoms with Gasteiger partial charge in [-0.05, 0) is 72.4 Å². The molecule has 2 aromatic carbocycles. The van der Waals surface area contributed by atoms with Gasteiger partial charge in [-0.3, -0.25) is 14.2 Å². The molecule has 0 radical (unpaired) electrons. The molecule has 0 fully saturated rings. The van der Waals surface area contributed by atoms with Crippen molar-refractivity contribution in [3.63, 3.8) is 0 Å². The van der Waals surface area contributed by atoms with Gasteiger partial charge in [0.05, 0.1) is 18.1 Å². The molecular weight excluding hydrogens is 424 g/mol. The Morgan fingerprint density at radius 1 is 0.971 bits per heavy atom. The van der Waals surface area contributed by atoms with Crippen molar-refractivity contribution in [2.24, 2.45) is 0 Å². The molecule has 1 amide bonds. The van der Waals surface area contributed by atoms with Crippen molar-refractivity contribution in [1.82, 2.24) is 19.3 Å². The second-order valence-electron chi connectivity index (χ2n) is 8.81. The van der Waals surface area contributed by atoms with Crippen LogP contribution in [0, 0.1) is 0 Å². The first kappa shape index (κ1) is 20.4. The predicted octanol–water partition coefficient (Wildman–Crippen LogP) is 4.50. The van der Waals surface area contributed by atoms with Crippen molar-refractivity contribution >= 4 is 22.6 Å². The van der Waals surface area contributed by atoms with Crippen molar-refractivity contribution < 1.29 is 4.79 Å². The van der Waals surface area contributed by atoms with Crippen molar-refractivity contribution in [2.45, 2.75) is 31.8 Å². The maximum Gasteiger partial charge on any atom is 0.276 e. The fraction of sp³-hybridized carbons (Fsp3) is 0.179. The lowest BCUT2D eigenvalue weighted by atomic mass is 9.87. The van der Waals surface area contributed by atoms with E-state index in [9.17, 15) is 9.59 Å². The number of nitrogens with zero attached hydrogens (tertiary/aromatic N) is 3. The normalized spacial score (nSPS) is 15.4. The van der Waals surface area contributed by atoms with Crippen LogP contribution < -0.4 is 10.9 Å². The number of amides is 1. The molecule has 6 rings (SSSR count). The molecule has 0 saturated carbocycles. The van der Waals surface area contributed by atoms with Gasteiger partial charge in [0.25, 0.3) is 11.5 Å². The predicted molar refractivity (Wildman–Crippen MR) is 132 cm³/mol. The number of fused-ring (bicyclic) bond motifs is 4. The maximum atomic E-state index is 13.1. The second-order valence-corrected chi connectivity index (χ2v) is 8.81. The van der Waals surface area contributed by atoms with Crippen LogP contribution in [0.2, 0.25) is 0 Å².